The first-order valence-electron chi connectivity index (χ1n) is 6.29. The Morgan fingerprint density at radius 3 is 2.47 bits per heavy atom. The summed E-state index contributed by atoms with van der Waals surface area (Å²) in [6.45, 7) is 11.5. The van der Waals surface area contributed by atoms with Gasteiger partial charge in [-0.25, -0.2) is 8.42 Å². The Morgan fingerprint density at radius 2 is 2.00 bits per heavy atom. The van der Waals surface area contributed by atoms with Gasteiger partial charge in [0.25, 0.3) is 0 Å². The van der Waals surface area contributed by atoms with Crippen molar-refractivity contribution in [3.05, 3.63) is 0 Å². The van der Waals surface area contributed by atoms with Crippen molar-refractivity contribution in [1.82, 2.24) is 10.2 Å². The molecule has 1 N–H and O–H groups in total. The fourth-order valence-corrected chi connectivity index (χ4v) is 2.51. The van der Waals surface area contributed by atoms with Gasteiger partial charge in [-0.1, -0.05) is 13.8 Å². The standard InChI is InChI=1S/C12H26N2O2S/c1-10(2)11-8-14(7-6-13-11)9-12(3,4)17(5,15)16/h10-11,13H,6-9H2,1-5H3. The van der Waals surface area contributed by atoms with Crippen molar-refractivity contribution in [2.75, 3.05) is 32.4 Å². The summed E-state index contributed by atoms with van der Waals surface area (Å²) < 4.78 is 22.7. The van der Waals surface area contributed by atoms with Gasteiger partial charge in [-0.05, 0) is 19.8 Å². The fraction of sp³-hybridized carbons (Fsp3) is 1.00. The summed E-state index contributed by atoms with van der Waals surface area (Å²) in [4.78, 5) is 2.27. The van der Waals surface area contributed by atoms with E-state index < -0.39 is 14.6 Å². The molecule has 1 atom stereocenters. The van der Waals surface area contributed by atoms with E-state index in [1.165, 1.54) is 6.26 Å². The molecule has 0 bridgehead atoms. The summed E-state index contributed by atoms with van der Waals surface area (Å²) in [5.41, 5.74) is 0. The predicted octanol–water partition coefficient (Wildman–Crippen LogP) is 0.739. The average Bonchev–Trinajstić information content (AvgIpc) is 2.15. The van der Waals surface area contributed by atoms with Crippen molar-refractivity contribution in [1.29, 1.82) is 0 Å². The van der Waals surface area contributed by atoms with Gasteiger partial charge >= 0.3 is 0 Å². The van der Waals surface area contributed by atoms with Gasteiger partial charge < -0.3 is 5.32 Å². The Morgan fingerprint density at radius 1 is 1.41 bits per heavy atom. The Labute approximate surface area is 106 Å². The molecule has 0 amide bonds. The molecule has 1 aliphatic heterocycles. The van der Waals surface area contributed by atoms with Crippen LogP contribution >= 0.6 is 0 Å². The van der Waals surface area contributed by atoms with Crippen molar-refractivity contribution in [2.24, 2.45) is 5.92 Å². The van der Waals surface area contributed by atoms with Gasteiger partial charge in [0.05, 0.1) is 4.75 Å². The van der Waals surface area contributed by atoms with E-state index in [1.807, 2.05) is 13.8 Å². The zero-order valence-corrected chi connectivity index (χ0v) is 12.5. The maximum Gasteiger partial charge on any atom is 0.153 e. The van der Waals surface area contributed by atoms with Crippen molar-refractivity contribution in [2.45, 2.75) is 38.5 Å². The Bertz CT molecular complexity index is 350. The minimum Gasteiger partial charge on any atom is -0.311 e. The third kappa shape index (κ3) is 3.93. The minimum absolute atomic E-state index is 0.471. The molecule has 0 saturated carbocycles. The molecule has 0 aliphatic carbocycles. The van der Waals surface area contributed by atoms with E-state index in [9.17, 15) is 8.42 Å². The zero-order valence-electron chi connectivity index (χ0n) is 11.7. The van der Waals surface area contributed by atoms with Crippen molar-refractivity contribution >= 4 is 9.84 Å². The van der Waals surface area contributed by atoms with E-state index in [4.69, 9.17) is 0 Å². The van der Waals surface area contributed by atoms with Crippen LogP contribution in [0.1, 0.15) is 27.7 Å². The lowest BCUT2D eigenvalue weighted by atomic mass is 10.0. The second kappa shape index (κ2) is 5.24. The van der Waals surface area contributed by atoms with Gasteiger partial charge in [0.15, 0.2) is 9.84 Å². The van der Waals surface area contributed by atoms with E-state index in [0.717, 1.165) is 19.6 Å². The molecule has 0 aromatic heterocycles. The molecule has 17 heavy (non-hydrogen) atoms. The van der Waals surface area contributed by atoms with E-state index in [1.54, 1.807) is 0 Å². The molecule has 1 saturated heterocycles. The van der Waals surface area contributed by atoms with Gasteiger partial charge in [-0.2, -0.15) is 0 Å². The third-order valence-electron chi connectivity index (χ3n) is 3.70. The molecule has 1 heterocycles. The quantitative estimate of drug-likeness (QED) is 0.812. The molecule has 0 aromatic rings. The number of piperazine rings is 1. The molecule has 1 rings (SSSR count). The van der Waals surface area contributed by atoms with Gasteiger partial charge in [0, 0.05) is 38.5 Å². The normalized spacial score (nSPS) is 24.2. The highest BCUT2D eigenvalue weighted by atomic mass is 32.2. The minimum atomic E-state index is -3.00. The molecular formula is C12H26N2O2S. The molecule has 4 nitrogen and oxygen atoms in total. The van der Waals surface area contributed by atoms with Crippen LogP contribution in [0.3, 0.4) is 0 Å². The number of sulfone groups is 1. The van der Waals surface area contributed by atoms with Crippen molar-refractivity contribution in [3.8, 4) is 0 Å². The van der Waals surface area contributed by atoms with E-state index in [0.29, 0.717) is 18.5 Å². The fourth-order valence-electron chi connectivity index (χ4n) is 2.09. The number of nitrogens with zero attached hydrogens (tertiary/aromatic N) is 1. The molecule has 0 spiro atoms. The lowest BCUT2D eigenvalue weighted by molar-refractivity contribution is 0.164. The van der Waals surface area contributed by atoms with Crippen LogP contribution in [-0.4, -0.2) is 56.5 Å². The van der Waals surface area contributed by atoms with Gasteiger partial charge in [-0.3, -0.25) is 4.90 Å². The topological polar surface area (TPSA) is 49.4 Å². The second-order valence-corrected chi connectivity index (χ2v) is 8.72. The zero-order chi connectivity index (χ0) is 13.3. The summed E-state index contributed by atoms with van der Waals surface area (Å²) >= 11 is 0. The number of rotatable bonds is 4. The van der Waals surface area contributed by atoms with Crippen LogP contribution in [-0.2, 0) is 9.84 Å². The first-order chi connectivity index (χ1) is 7.63. The summed E-state index contributed by atoms with van der Waals surface area (Å²) in [5, 5.41) is 3.48. The average molecular weight is 262 g/mol. The van der Waals surface area contributed by atoms with Gasteiger partial charge in [-0.15, -0.1) is 0 Å². The summed E-state index contributed by atoms with van der Waals surface area (Å²) in [6.07, 6.45) is 1.33. The first kappa shape index (κ1) is 14.9. The number of hydrogen-bond acceptors (Lipinski definition) is 4. The summed E-state index contributed by atoms with van der Waals surface area (Å²) in [5.74, 6) is 0.583. The van der Waals surface area contributed by atoms with E-state index >= 15 is 0 Å². The number of nitrogens with one attached hydrogen (secondary N) is 1. The van der Waals surface area contributed by atoms with Crippen LogP contribution in [0.25, 0.3) is 0 Å². The van der Waals surface area contributed by atoms with Crippen LogP contribution in [0.15, 0.2) is 0 Å². The smallest absolute Gasteiger partial charge is 0.153 e. The number of hydrogen-bond donors (Lipinski definition) is 1. The molecule has 0 radical (unpaired) electrons. The van der Waals surface area contributed by atoms with Crippen LogP contribution in [0.5, 0.6) is 0 Å². The predicted molar refractivity (Wildman–Crippen MR) is 72.0 cm³/mol. The highest BCUT2D eigenvalue weighted by Gasteiger charge is 2.34. The molecule has 1 unspecified atom stereocenters. The molecule has 5 heteroatoms. The molecule has 0 aromatic carbocycles. The van der Waals surface area contributed by atoms with Crippen LogP contribution in [0.4, 0.5) is 0 Å². The van der Waals surface area contributed by atoms with Crippen molar-refractivity contribution < 1.29 is 8.42 Å². The monoisotopic (exact) mass is 262 g/mol. The third-order valence-corrected chi connectivity index (χ3v) is 5.84. The first-order valence-corrected chi connectivity index (χ1v) is 8.18. The second-order valence-electron chi connectivity index (χ2n) is 6.07. The largest absolute Gasteiger partial charge is 0.311 e. The highest BCUT2D eigenvalue weighted by molar-refractivity contribution is 7.92. The lowest BCUT2D eigenvalue weighted by Crippen LogP contribution is -2.56. The maximum absolute atomic E-state index is 11.7. The van der Waals surface area contributed by atoms with Gasteiger partial charge in [0.1, 0.15) is 0 Å². The van der Waals surface area contributed by atoms with Crippen LogP contribution < -0.4 is 5.32 Å². The maximum atomic E-state index is 11.7. The molecule has 1 aliphatic rings. The van der Waals surface area contributed by atoms with E-state index in [-0.39, 0.29) is 0 Å². The Balaban J connectivity index is 2.63. The van der Waals surface area contributed by atoms with Crippen LogP contribution in [0, 0.1) is 5.92 Å². The molecular weight excluding hydrogens is 236 g/mol. The molecule has 1 fully saturated rings. The summed E-state index contributed by atoms with van der Waals surface area (Å²) in [6, 6.07) is 0.471. The Kier molecular flexibility index (Phi) is 4.60. The Hall–Kier alpha value is -0.130. The summed E-state index contributed by atoms with van der Waals surface area (Å²) in [7, 11) is -3.00. The molecule has 102 valence electrons. The SMILES string of the molecule is CC(C)C1CN(CC(C)(C)S(C)(=O)=O)CCN1. The lowest BCUT2D eigenvalue weighted by Gasteiger charge is -2.39. The van der Waals surface area contributed by atoms with Crippen molar-refractivity contribution in [3.63, 3.8) is 0 Å². The van der Waals surface area contributed by atoms with Gasteiger partial charge in [0.2, 0.25) is 0 Å². The highest BCUT2D eigenvalue weighted by Crippen LogP contribution is 2.18. The van der Waals surface area contributed by atoms with Crippen LogP contribution in [0.2, 0.25) is 0 Å². The van der Waals surface area contributed by atoms with E-state index in [2.05, 4.69) is 24.1 Å².